The second-order valence-corrected chi connectivity index (χ2v) is 5.17. The van der Waals surface area contributed by atoms with E-state index in [-0.39, 0.29) is 11.7 Å². The summed E-state index contributed by atoms with van der Waals surface area (Å²) in [7, 11) is 0. The van der Waals surface area contributed by atoms with Crippen molar-refractivity contribution < 1.29 is 4.92 Å². The fourth-order valence-electron chi connectivity index (χ4n) is 2.77. The smallest absolute Gasteiger partial charge is 0.297 e. The Labute approximate surface area is 115 Å². The summed E-state index contributed by atoms with van der Waals surface area (Å²) in [6.07, 6.45) is 2.00. The van der Waals surface area contributed by atoms with E-state index < -0.39 is 4.92 Å². The van der Waals surface area contributed by atoms with Gasteiger partial charge in [-0.3, -0.25) is 10.1 Å². The van der Waals surface area contributed by atoms with Crippen molar-refractivity contribution in [1.82, 2.24) is 15.3 Å². The molecule has 0 aliphatic carbocycles. The number of imidazole rings is 1. The van der Waals surface area contributed by atoms with Gasteiger partial charge >= 0.3 is 0 Å². The maximum Gasteiger partial charge on any atom is 0.297 e. The van der Waals surface area contributed by atoms with Gasteiger partial charge in [0.1, 0.15) is 5.82 Å². The molecule has 1 aromatic heterocycles. The molecule has 0 spiro atoms. The Balaban J connectivity index is 1.96. The minimum absolute atomic E-state index is 0.0162. The third-order valence-corrected chi connectivity index (χ3v) is 3.91. The van der Waals surface area contributed by atoms with E-state index in [4.69, 9.17) is 5.73 Å². The molecule has 7 nitrogen and oxygen atoms in total. The average Bonchev–Trinajstić information content (AvgIpc) is 2.90. The van der Waals surface area contributed by atoms with Crippen LogP contribution in [0.25, 0.3) is 11.0 Å². The van der Waals surface area contributed by atoms with Gasteiger partial charge in [-0.15, -0.1) is 0 Å². The number of hydrogen-bond acceptors (Lipinski definition) is 5. The fourth-order valence-corrected chi connectivity index (χ4v) is 2.77. The number of nitro groups is 1. The molecule has 1 atom stereocenters. The van der Waals surface area contributed by atoms with Crippen LogP contribution in [0.15, 0.2) is 18.2 Å². The summed E-state index contributed by atoms with van der Waals surface area (Å²) in [5.41, 5.74) is 7.34. The molecule has 1 aromatic carbocycles. The van der Waals surface area contributed by atoms with E-state index in [1.54, 1.807) is 12.1 Å². The largest absolute Gasteiger partial charge is 0.340 e. The predicted molar refractivity (Wildman–Crippen MR) is 75.3 cm³/mol. The molecular formula is C13H17N5O2. The molecule has 20 heavy (non-hydrogen) atoms. The van der Waals surface area contributed by atoms with Crippen molar-refractivity contribution in [2.45, 2.75) is 18.9 Å². The van der Waals surface area contributed by atoms with Gasteiger partial charge in [0, 0.05) is 6.07 Å². The van der Waals surface area contributed by atoms with Crippen LogP contribution in [0.2, 0.25) is 0 Å². The van der Waals surface area contributed by atoms with Crippen molar-refractivity contribution in [2.24, 2.45) is 11.7 Å². The van der Waals surface area contributed by atoms with E-state index in [1.165, 1.54) is 6.07 Å². The van der Waals surface area contributed by atoms with Crippen molar-refractivity contribution in [1.29, 1.82) is 0 Å². The van der Waals surface area contributed by atoms with Crippen molar-refractivity contribution in [3.63, 3.8) is 0 Å². The van der Waals surface area contributed by atoms with E-state index in [0.717, 1.165) is 25.9 Å². The van der Waals surface area contributed by atoms with Crippen molar-refractivity contribution in [2.75, 3.05) is 13.1 Å². The average molecular weight is 275 g/mol. The number of aromatic nitrogens is 2. The molecule has 2 aromatic rings. The Morgan fingerprint density at radius 1 is 1.40 bits per heavy atom. The number of nitrogens with two attached hydrogens (primary N) is 1. The van der Waals surface area contributed by atoms with Crippen LogP contribution in [0.3, 0.4) is 0 Å². The monoisotopic (exact) mass is 275 g/mol. The van der Waals surface area contributed by atoms with E-state index in [1.807, 2.05) is 0 Å². The number of benzene rings is 1. The number of rotatable bonds is 3. The van der Waals surface area contributed by atoms with E-state index in [2.05, 4.69) is 15.3 Å². The Hall–Kier alpha value is -1.99. The SMILES string of the molecule is NC(c1nc2c([N+](=O)[O-])cccc2[nH]1)C1CCNCC1. The summed E-state index contributed by atoms with van der Waals surface area (Å²) in [6.45, 7) is 1.91. The van der Waals surface area contributed by atoms with Crippen molar-refractivity contribution in [3.8, 4) is 0 Å². The Kier molecular flexibility index (Phi) is 3.37. The summed E-state index contributed by atoms with van der Waals surface area (Å²) in [6, 6.07) is 4.69. The van der Waals surface area contributed by atoms with Crippen LogP contribution in [0.1, 0.15) is 24.7 Å². The molecule has 0 amide bonds. The molecule has 1 aliphatic rings. The summed E-state index contributed by atoms with van der Waals surface area (Å²) in [4.78, 5) is 18.1. The van der Waals surface area contributed by atoms with Crippen LogP contribution in [-0.4, -0.2) is 28.0 Å². The van der Waals surface area contributed by atoms with Crippen LogP contribution in [0.4, 0.5) is 5.69 Å². The Morgan fingerprint density at radius 3 is 2.85 bits per heavy atom. The summed E-state index contributed by atoms with van der Waals surface area (Å²) in [5.74, 6) is 0.997. The van der Waals surface area contributed by atoms with Crippen LogP contribution >= 0.6 is 0 Å². The molecule has 0 bridgehead atoms. The summed E-state index contributed by atoms with van der Waals surface area (Å²) in [5, 5.41) is 14.3. The molecule has 106 valence electrons. The van der Waals surface area contributed by atoms with Gasteiger partial charge in [-0.05, 0) is 37.9 Å². The lowest BCUT2D eigenvalue weighted by Gasteiger charge is -2.26. The normalized spacial score (nSPS) is 18.2. The van der Waals surface area contributed by atoms with Gasteiger partial charge in [-0.25, -0.2) is 4.98 Å². The van der Waals surface area contributed by atoms with Crippen LogP contribution in [0, 0.1) is 16.0 Å². The highest BCUT2D eigenvalue weighted by atomic mass is 16.6. The highest BCUT2D eigenvalue weighted by molar-refractivity contribution is 5.84. The molecule has 2 heterocycles. The third kappa shape index (κ3) is 2.25. The zero-order chi connectivity index (χ0) is 14.1. The molecule has 1 aliphatic heterocycles. The number of hydrogen-bond donors (Lipinski definition) is 3. The highest BCUT2D eigenvalue weighted by Crippen LogP contribution is 2.29. The van der Waals surface area contributed by atoms with Crippen LogP contribution < -0.4 is 11.1 Å². The predicted octanol–water partition coefficient (Wildman–Crippen LogP) is 1.47. The number of aromatic amines is 1. The number of H-pyrrole nitrogens is 1. The summed E-state index contributed by atoms with van der Waals surface area (Å²) < 4.78 is 0. The maximum absolute atomic E-state index is 11.0. The Morgan fingerprint density at radius 2 is 2.15 bits per heavy atom. The number of piperidine rings is 1. The number of nitrogens with zero attached hydrogens (tertiary/aromatic N) is 2. The lowest BCUT2D eigenvalue weighted by atomic mass is 9.90. The van der Waals surface area contributed by atoms with Gasteiger partial charge in [-0.2, -0.15) is 0 Å². The molecular weight excluding hydrogens is 258 g/mol. The molecule has 1 fully saturated rings. The quantitative estimate of drug-likeness (QED) is 0.580. The topological polar surface area (TPSA) is 110 Å². The highest BCUT2D eigenvalue weighted by Gasteiger charge is 2.25. The minimum atomic E-state index is -0.414. The number of non-ortho nitro benzene ring substituents is 1. The number of nitrogens with one attached hydrogen (secondary N) is 2. The molecule has 0 radical (unpaired) electrons. The molecule has 4 N–H and O–H groups in total. The number of para-hydroxylation sites is 1. The lowest BCUT2D eigenvalue weighted by Crippen LogP contribution is -2.34. The first-order chi connectivity index (χ1) is 9.66. The minimum Gasteiger partial charge on any atom is -0.340 e. The summed E-state index contributed by atoms with van der Waals surface area (Å²) >= 11 is 0. The van der Waals surface area contributed by atoms with E-state index in [0.29, 0.717) is 22.8 Å². The van der Waals surface area contributed by atoms with Gasteiger partial charge in [-0.1, -0.05) is 6.07 Å². The molecule has 3 rings (SSSR count). The molecule has 1 saturated heterocycles. The van der Waals surface area contributed by atoms with Gasteiger partial charge in [0.25, 0.3) is 5.69 Å². The maximum atomic E-state index is 11.0. The van der Waals surface area contributed by atoms with Gasteiger partial charge in [0.2, 0.25) is 0 Å². The first-order valence-corrected chi connectivity index (χ1v) is 6.76. The number of nitro benzene ring substituents is 1. The van der Waals surface area contributed by atoms with E-state index in [9.17, 15) is 10.1 Å². The second kappa shape index (κ2) is 5.18. The Bertz CT molecular complexity index is 633. The lowest BCUT2D eigenvalue weighted by molar-refractivity contribution is -0.383. The van der Waals surface area contributed by atoms with Crippen molar-refractivity contribution >= 4 is 16.7 Å². The zero-order valence-corrected chi connectivity index (χ0v) is 11.0. The molecule has 1 unspecified atom stereocenters. The third-order valence-electron chi connectivity index (χ3n) is 3.91. The van der Waals surface area contributed by atoms with E-state index >= 15 is 0 Å². The van der Waals surface area contributed by atoms with Crippen LogP contribution in [-0.2, 0) is 0 Å². The fraction of sp³-hybridized carbons (Fsp3) is 0.462. The molecule has 0 saturated carbocycles. The standard InChI is InChI=1S/C13H17N5O2/c14-11(8-4-6-15-7-5-8)13-16-9-2-1-3-10(18(19)20)12(9)17-13/h1-3,8,11,15H,4-7,14H2,(H,16,17). The van der Waals surface area contributed by atoms with Crippen molar-refractivity contribution in [3.05, 3.63) is 34.1 Å². The van der Waals surface area contributed by atoms with Gasteiger partial charge < -0.3 is 16.0 Å². The second-order valence-electron chi connectivity index (χ2n) is 5.17. The first-order valence-electron chi connectivity index (χ1n) is 6.76. The van der Waals surface area contributed by atoms with Crippen LogP contribution in [0.5, 0.6) is 0 Å². The zero-order valence-electron chi connectivity index (χ0n) is 11.0. The molecule has 7 heteroatoms. The first kappa shape index (κ1) is 13.0. The number of fused-ring (bicyclic) bond motifs is 1. The van der Waals surface area contributed by atoms with Gasteiger partial charge in [0.15, 0.2) is 5.52 Å². The van der Waals surface area contributed by atoms with Gasteiger partial charge in [0.05, 0.1) is 16.5 Å².